The molecule has 0 aliphatic carbocycles. The van der Waals surface area contributed by atoms with Crippen LogP contribution >= 0.6 is 0 Å². The Morgan fingerprint density at radius 2 is 2.00 bits per heavy atom. The van der Waals surface area contributed by atoms with Gasteiger partial charge in [-0.2, -0.15) is 0 Å². The fraction of sp³-hybridized carbons (Fsp3) is 0.467. The SMILES string of the molecule is C[C@H](NC(=O)[C@H]1CCCCN1)c1ccc(C(=O)O)cc1. The zero-order valence-electron chi connectivity index (χ0n) is 11.6. The lowest BCUT2D eigenvalue weighted by Crippen LogP contribution is -2.47. The van der Waals surface area contributed by atoms with Crippen LogP contribution in [0.3, 0.4) is 0 Å². The summed E-state index contributed by atoms with van der Waals surface area (Å²) in [6.07, 6.45) is 3.07. The maximum Gasteiger partial charge on any atom is 0.335 e. The lowest BCUT2D eigenvalue weighted by atomic mass is 10.0. The minimum Gasteiger partial charge on any atom is -0.478 e. The van der Waals surface area contributed by atoms with Crippen molar-refractivity contribution in [3.8, 4) is 0 Å². The minimum absolute atomic E-state index is 0.0134. The van der Waals surface area contributed by atoms with Crippen molar-refractivity contribution in [2.45, 2.75) is 38.3 Å². The molecule has 1 aliphatic rings. The molecule has 2 rings (SSSR count). The van der Waals surface area contributed by atoms with E-state index in [9.17, 15) is 9.59 Å². The molecule has 3 N–H and O–H groups in total. The smallest absolute Gasteiger partial charge is 0.335 e. The van der Waals surface area contributed by atoms with Gasteiger partial charge in [0.2, 0.25) is 5.91 Å². The van der Waals surface area contributed by atoms with E-state index in [1.54, 1.807) is 24.3 Å². The Balaban J connectivity index is 1.94. The molecule has 0 bridgehead atoms. The van der Waals surface area contributed by atoms with Crippen molar-refractivity contribution < 1.29 is 14.7 Å². The van der Waals surface area contributed by atoms with Crippen LogP contribution in [-0.4, -0.2) is 29.6 Å². The first kappa shape index (κ1) is 14.5. The zero-order chi connectivity index (χ0) is 14.5. The van der Waals surface area contributed by atoms with Gasteiger partial charge in [0.15, 0.2) is 0 Å². The first-order valence-electron chi connectivity index (χ1n) is 6.95. The van der Waals surface area contributed by atoms with Crippen LogP contribution < -0.4 is 10.6 Å². The van der Waals surface area contributed by atoms with E-state index in [0.29, 0.717) is 0 Å². The fourth-order valence-electron chi connectivity index (χ4n) is 2.39. The lowest BCUT2D eigenvalue weighted by Gasteiger charge is -2.24. The average molecular weight is 276 g/mol. The number of hydrogen-bond acceptors (Lipinski definition) is 3. The third kappa shape index (κ3) is 3.57. The number of nitrogens with one attached hydrogen (secondary N) is 2. The molecule has 0 saturated carbocycles. The number of carbonyl (C=O) groups is 2. The van der Waals surface area contributed by atoms with Crippen LogP contribution in [0, 0.1) is 0 Å². The van der Waals surface area contributed by atoms with Crippen LogP contribution in [-0.2, 0) is 4.79 Å². The van der Waals surface area contributed by atoms with Crippen LogP contribution in [0.25, 0.3) is 0 Å². The molecule has 1 heterocycles. The summed E-state index contributed by atoms with van der Waals surface area (Å²) >= 11 is 0. The molecule has 5 nitrogen and oxygen atoms in total. The maximum atomic E-state index is 12.1. The summed E-state index contributed by atoms with van der Waals surface area (Å²) in [7, 11) is 0. The average Bonchev–Trinajstić information content (AvgIpc) is 2.48. The molecular formula is C15H20N2O3. The molecule has 0 radical (unpaired) electrons. The van der Waals surface area contributed by atoms with Crippen LogP contribution in [0.4, 0.5) is 0 Å². The number of piperidine rings is 1. The second kappa shape index (κ2) is 6.52. The van der Waals surface area contributed by atoms with E-state index < -0.39 is 5.97 Å². The Morgan fingerprint density at radius 1 is 1.30 bits per heavy atom. The molecule has 20 heavy (non-hydrogen) atoms. The molecule has 1 fully saturated rings. The van der Waals surface area contributed by atoms with Gasteiger partial charge in [0.25, 0.3) is 0 Å². The number of carbonyl (C=O) groups excluding carboxylic acids is 1. The van der Waals surface area contributed by atoms with Gasteiger partial charge >= 0.3 is 5.97 Å². The molecule has 1 saturated heterocycles. The fourth-order valence-corrected chi connectivity index (χ4v) is 2.39. The third-order valence-electron chi connectivity index (χ3n) is 3.64. The monoisotopic (exact) mass is 276 g/mol. The quantitative estimate of drug-likeness (QED) is 0.782. The maximum absolute atomic E-state index is 12.1. The van der Waals surface area contributed by atoms with Gasteiger partial charge in [0.05, 0.1) is 17.6 Å². The minimum atomic E-state index is -0.945. The molecule has 0 spiro atoms. The van der Waals surface area contributed by atoms with Crippen molar-refractivity contribution in [3.05, 3.63) is 35.4 Å². The Labute approximate surface area is 118 Å². The lowest BCUT2D eigenvalue weighted by molar-refractivity contribution is -0.124. The van der Waals surface area contributed by atoms with Gasteiger partial charge < -0.3 is 15.7 Å². The predicted octanol–water partition coefficient (Wildman–Crippen LogP) is 1.70. The number of hydrogen-bond donors (Lipinski definition) is 3. The number of carboxylic acids is 1. The summed E-state index contributed by atoms with van der Waals surface area (Å²) in [6, 6.07) is 6.35. The highest BCUT2D eigenvalue weighted by Crippen LogP contribution is 2.15. The van der Waals surface area contributed by atoms with Gasteiger partial charge in [-0.15, -0.1) is 0 Å². The van der Waals surface area contributed by atoms with Gasteiger partial charge in [-0.05, 0) is 44.0 Å². The van der Waals surface area contributed by atoms with E-state index >= 15 is 0 Å². The molecule has 1 aromatic rings. The molecule has 1 aliphatic heterocycles. The van der Waals surface area contributed by atoms with Crippen molar-refractivity contribution in [2.24, 2.45) is 0 Å². The number of carboxylic acid groups (broad SMARTS) is 1. The Bertz CT molecular complexity index is 478. The number of amides is 1. The standard InChI is InChI=1S/C15H20N2O3/c1-10(11-5-7-12(8-6-11)15(19)20)17-14(18)13-4-2-3-9-16-13/h5-8,10,13,16H,2-4,9H2,1H3,(H,17,18)(H,19,20)/t10-,13+/m0/s1. The first-order chi connectivity index (χ1) is 9.58. The summed E-state index contributed by atoms with van der Waals surface area (Å²) in [5, 5.41) is 15.0. The highest BCUT2D eigenvalue weighted by atomic mass is 16.4. The Kier molecular flexibility index (Phi) is 4.74. The molecule has 5 heteroatoms. The second-order valence-electron chi connectivity index (χ2n) is 5.16. The molecule has 0 aromatic heterocycles. The molecule has 1 aromatic carbocycles. The van der Waals surface area contributed by atoms with Crippen LogP contribution in [0.2, 0.25) is 0 Å². The van der Waals surface area contributed by atoms with Crippen LogP contribution in [0.5, 0.6) is 0 Å². The van der Waals surface area contributed by atoms with Crippen molar-refractivity contribution in [2.75, 3.05) is 6.54 Å². The number of rotatable bonds is 4. The summed E-state index contributed by atoms with van der Waals surface area (Å²) in [6.45, 7) is 2.79. The highest BCUT2D eigenvalue weighted by Gasteiger charge is 2.22. The van der Waals surface area contributed by atoms with Crippen molar-refractivity contribution in [3.63, 3.8) is 0 Å². The van der Waals surface area contributed by atoms with Crippen molar-refractivity contribution >= 4 is 11.9 Å². The number of aromatic carboxylic acids is 1. The topological polar surface area (TPSA) is 78.4 Å². The molecule has 1 amide bonds. The van der Waals surface area contributed by atoms with E-state index in [1.807, 2.05) is 6.92 Å². The Hall–Kier alpha value is -1.88. The highest BCUT2D eigenvalue weighted by molar-refractivity contribution is 5.87. The molecule has 2 atom stereocenters. The molecular weight excluding hydrogens is 256 g/mol. The van der Waals surface area contributed by atoms with Gasteiger partial charge in [-0.25, -0.2) is 4.79 Å². The van der Waals surface area contributed by atoms with Crippen molar-refractivity contribution in [1.82, 2.24) is 10.6 Å². The van der Waals surface area contributed by atoms with E-state index in [0.717, 1.165) is 31.4 Å². The van der Waals surface area contributed by atoms with Gasteiger partial charge in [0, 0.05) is 0 Å². The number of benzene rings is 1. The summed E-state index contributed by atoms with van der Waals surface area (Å²) in [5.74, 6) is -0.931. The first-order valence-corrected chi connectivity index (χ1v) is 6.95. The predicted molar refractivity (Wildman–Crippen MR) is 75.6 cm³/mol. The van der Waals surface area contributed by atoms with E-state index in [2.05, 4.69) is 10.6 Å². The third-order valence-corrected chi connectivity index (χ3v) is 3.64. The normalized spacial score (nSPS) is 20.1. The van der Waals surface area contributed by atoms with E-state index in [1.165, 1.54) is 0 Å². The summed E-state index contributed by atoms with van der Waals surface area (Å²) in [4.78, 5) is 22.9. The van der Waals surface area contributed by atoms with Crippen LogP contribution in [0.1, 0.15) is 48.1 Å². The van der Waals surface area contributed by atoms with Crippen molar-refractivity contribution in [1.29, 1.82) is 0 Å². The van der Waals surface area contributed by atoms with E-state index in [4.69, 9.17) is 5.11 Å². The molecule has 108 valence electrons. The zero-order valence-corrected chi connectivity index (χ0v) is 11.6. The van der Waals surface area contributed by atoms with Gasteiger partial charge in [0.1, 0.15) is 0 Å². The van der Waals surface area contributed by atoms with Gasteiger partial charge in [-0.3, -0.25) is 4.79 Å². The molecule has 0 unspecified atom stereocenters. The largest absolute Gasteiger partial charge is 0.478 e. The summed E-state index contributed by atoms with van der Waals surface area (Å²) in [5.41, 5.74) is 1.15. The Morgan fingerprint density at radius 3 is 2.55 bits per heavy atom. The van der Waals surface area contributed by atoms with Gasteiger partial charge in [-0.1, -0.05) is 18.6 Å². The van der Waals surface area contributed by atoms with E-state index in [-0.39, 0.29) is 23.6 Å². The van der Waals surface area contributed by atoms with Crippen LogP contribution in [0.15, 0.2) is 24.3 Å². The second-order valence-corrected chi connectivity index (χ2v) is 5.16. The summed E-state index contributed by atoms with van der Waals surface area (Å²) < 4.78 is 0.